The molecule has 0 radical (unpaired) electrons. The largest absolute Gasteiger partial charge is 0.454 e. The fraction of sp³-hybridized carbons (Fsp3) is 0.417. The van der Waals surface area contributed by atoms with Gasteiger partial charge in [0.25, 0.3) is 0 Å². The van der Waals surface area contributed by atoms with Crippen LogP contribution in [0.4, 0.5) is 0 Å². The topological polar surface area (TPSA) is 67.9 Å². The third-order valence-electron chi connectivity index (χ3n) is 5.34. The summed E-state index contributed by atoms with van der Waals surface area (Å²) in [7, 11) is 0. The second-order valence-corrected chi connectivity index (χ2v) is 8.49. The molecule has 2 aromatic carbocycles. The lowest BCUT2D eigenvalue weighted by Crippen LogP contribution is -2.49. The van der Waals surface area contributed by atoms with Gasteiger partial charge in [-0.2, -0.15) is 0 Å². The van der Waals surface area contributed by atoms with Crippen molar-refractivity contribution in [3.05, 3.63) is 57.6 Å². The normalized spacial score (nSPS) is 13.0. The van der Waals surface area contributed by atoms with Crippen molar-refractivity contribution < 1.29 is 19.1 Å². The minimum Gasteiger partial charge on any atom is -0.454 e. The maximum Gasteiger partial charge on any atom is 0.242 e. The number of carbonyl (C=O) groups excluding carboxylic acids is 2. The Labute approximate surface area is 198 Å². The molecule has 0 aliphatic carbocycles. The standard InChI is InChI=1S/C24H28Cl2N2O4/c1-3-11-27-24(30)20(4-2)28(14-17-5-8-18(25)19(26)12-17)23(29)10-7-16-6-9-21-22(13-16)32-15-31-21/h5-6,8-9,12-13,20H,3-4,7,10-11,14-15H2,1-2H3,(H,27,30)/t20-/m1/s1. The number of fused-ring (bicyclic) bond motifs is 1. The lowest BCUT2D eigenvalue weighted by molar-refractivity contribution is -0.141. The summed E-state index contributed by atoms with van der Waals surface area (Å²) in [4.78, 5) is 27.8. The number of ether oxygens (including phenoxy) is 2. The van der Waals surface area contributed by atoms with Crippen LogP contribution in [0.2, 0.25) is 10.0 Å². The van der Waals surface area contributed by atoms with Gasteiger partial charge in [0, 0.05) is 19.5 Å². The number of amides is 2. The predicted molar refractivity (Wildman–Crippen MR) is 125 cm³/mol. The van der Waals surface area contributed by atoms with Gasteiger partial charge in [0.1, 0.15) is 6.04 Å². The molecule has 3 rings (SSSR count). The van der Waals surface area contributed by atoms with E-state index >= 15 is 0 Å². The molecule has 1 N–H and O–H groups in total. The molecule has 1 heterocycles. The van der Waals surface area contributed by atoms with E-state index in [2.05, 4.69) is 5.32 Å². The van der Waals surface area contributed by atoms with Crippen LogP contribution in [0, 0.1) is 0 Å². The Hall–Kier alpha value is -2.44. The molecular formula is C24H28Cl2N2O4. The Morgan fingerprint density at radius 3 is 2.50 bits per heavy atom. The van der Waals surface area contributed by atoms with E-state index in [-0.39, 0.29) is 31.6 Å². The molecule has 8 heteroatoms. The number of hydrogen-bond donors (Lipinski definition) is 1. The number of aryl methyl sites for hydroxylation is 1. The summed E-state index contributed by atoms with van der Waals surface area (Å²) >= 11 is 12.2. The lowest BCUT2D eigenvalue weighted by Gasteiger charge is -2.31. The molecule has 0 fully saturated rings. The quantitative estimate of drug-likeness (QED) is 0.522. The van der Waals surface area contributed by atoms with E-state index in [0.29, 0.717) is 40.9 Å². The van der Waals surface area contributed by atoms with E-state index < -0.39 is 6.04 Å². The molecule has 0 saturated heterocycles. The first kappa shape index (κ1) is 24.2. The van der Waals surface area contributed by atoms with Gasteiger partial charge < -0.3 is 19.7 Å². The van der Waals surface area contributed by atoms with Crippen molar-refractivity contribution in [2.24, 2.45) is 0 Å². The van der Waals surface area contributed by atoms with Crippen LogP contribution in [-0.4, -0.2) is 36.1 Å². The number of benzene rings is 2. The van der Waals surface area contributed by atoms with Crippen LogP contribution in [0.5, 0.6) is 11.5 Å². The molecular weight excluding hydrogens is 451 g/mol. The summed E-state index contributed by atoms with van der Waals surface area (Å²) in [6.45, 7) is 4.95. The highest BCUT2D eigenvalue weighted by Gasteiger charge is 2.28. The zero-order valence-corrected chi connectivity index (χ0v) is 19.8. The number of nitrogens with zero attached hydrogens (tertiary/aromatic N) is 1. The smallest absolute Gasteiger partial charge is 0.242 e. The van der Waals surface area contributed by atoms with Crippen molar-refractivity contribution >= 4 is 35.0 Å². The second-order valence-electron chi connectivity index (χ2n) is 7.67. The van der Waals surface area contributed by atoms with Crippen molar-refractivity contribution in [1.29, 1.82) is 0 Å². The Bertz CT molecular complexity index is 967. The molecule has 32 heavy (non-hydrogen) atoms. The summed E-state index contributed by atoms with van der Waals surface area (Å²) in [5.41, 5.74) is 1.79. The summed E-state index contributed by atoms with van der Waals surface area (Å²) < 4.78 is 10.8. The van der Waals surface area contributed by atoms with Gasteiger partial charge in [-0.15, -0.1) is 0 Å². The van der Waals surface area contributed by atoms with Crippen LogP contribution in [0.15, 0.2) is 36.4 Å². The van der Waals surface area contributed by atoms with Gasteiger partial charge in [-0.25, -0.2) is 0 Å². The minimum absolute atomic E-state index is 0.104. The molecule has 0 saturated carbocycles. The SMILES string of the molecule is CCCNC(=O)[C@@H](CC)N(Cc1ccc(Cl)c(Cl)c1)C(=O)CCc1ccc2c(c1)OCO2. The van der Waals surface area contributed by atoms with Gasteiger partial charge in [0.2, 0.25) is 18.6 Å². The van der Waals surface area contributed by atoms with Crippen molar-refractivity contribution in [2.45, 2.75) is 52.1 Å². The van der Waals surface area contributed by atoms with E-state index in [1.54, 1.807) is 17.0 Å². The van der Waals surface area contributed by atoms with Gasteiger partial charge in [0.15, 0.2) is 11.5 Å². The Balaban J connectivity index is 1.76. The van der Waals surface area contributed by atoms with Gasteiger partial charge in [-0.1, -0.05) is 49.2 Å². The van der Waals surface area contributed by atoms with Gasteiger partial charge in [-0.3, -0.25) is 9.59 Å². The van der Waals surface area contributed by atoms with E-state index in [1.165, 1.54) is 0 Å². The van der Waals surface area contributed by atoms with Crippen LogP contribution in [-0.2, 0) is 22.6 Å². The molecule has 2 aromatic rings. The van der Waals surface area contributed by atoms with Gasteiger partial charge in [-0.05, 0) is 54.7 Å². The first-order valence-electron chi connectivity index (χ1n) is 10.8. The zero-order chi connectivity index (χ0) is 23.1. The second kappa shape index (κ2) is 11.4. The van der Waals surface area contributed by atoms with E-state index in [1.807, 2.05) is 38.1 Å². The van der Waals surface area contributed by atoms with Crippen LogP contribution in [0.25, 0.3) is 0 Å². The highest BCUT2D eigenvalue weighted by Crippen LogP contribution is 2.33. The van der Waals surface area contributed by atoms with Crippen LogP contribution >= 0.6 is 23.2 Å². The van der Waals surface area contributed by atoms with Crippen LogP contribution < -0.4 is 14.8 Å². The third-order valence-corrected chi connectivity index (χ3v) is 6.08. The predicted octanol–water partition coefficient (Wildman–Crippen LogP) is 4.99. The summed E-state index contributed by atoms with van der Waals surface area (Å²) in [6.07, 6.45) is 2.12. The average molecular weight is 479 g/mol. The number of rotatable bonds is 10. The number of hydrogen-bond acceptors (Lipinski definition) is 4. The number of halogens is 2. The van der Waals surface area contributed by atoms with E-state index in [0.717, 1.165) is 17.5 Å². The molecule has 0 bridgehead atoms. The Morgan fingerprint density at radius 1 is 1.03 bits per heavy atom. The van der Waals surface area contributed by atoms with Gasteiger partial charge >= 0.3 is 0 Å². The fourth-order valence-electron chi connectivity index (χ4n) is 3.61. The van der Waals surface area contributed by atoms with E-state index in [4.69, 9.17) is 32.7 Å². The third kappa shape index (κ3) is 6.08. The van der Waals surface area contributed by atoms with Crippen molar-refractivity contribution in [2.75, 3.05) is 13.3 Å². The zero-order valence-electron chi connectivity index (χ0n) is 18.3. The molecule has 172 valence electrons. The Morgan fingerprint density at radius 2 is 1.78 bits per heavy atom. The number of nitrogens with one attached hydrogen (secondary N) is 1. The fourth-order valence-corrected chi connectivity index (χ4v) is 3.93. The highest BCUT2D eigenvalue weighted by molar-refractivity contribution is 6.42. The maximum atomic E-state index is 13.3. The average Bonchev–Trinajstić information content (AvgIpc) is 3.26. The molecule has 0 aromatic heterocycles. The van der Waals surface area contributed by atoms with E-state index in [9.17, 15) is 9.59 Å². The first-order chi connectivity index (χ1) is 15.4. The summed E-state index contributed by atoms with van der Waals surface area (Å²) in [5.74, 6) is 1.14. The van der Waals surface area contributed by atoms with Gasteiger partial charge in [0.05, 0.1) is 10.0 Å². The molecule has 0 unspecified atom stereocenters. The monoisotopic (exact) mass is 478 g/mol. The molecule has 0 spiro atoms. The summed E-state index contributed by atoms with van der Waals surface area (Å²) in [5, 5.41) is 3.78. The molecule has 6 nitrogen and oxygen atoms in total. The first-order valence-corrected chi connectivity index (χ1v) is 11.6. The molecule has 2 amide bonds. The molecule has 1 aliphatic heterocycles. The van der Waals surface area contributed by atoms with Crippen LogP contribution in [0.3, 0.4) is 0 Å². The number of carbonyl (C=O) groups is 2. The minimum atomic E-state index is -0.569. The highest BCUT2D eigenvalue weighted by atomic mass is 35.5. The maximum absolute atomic E-state index is 13.3. The Kier molecular flexibility index (Phi) is 8.65. The summed E-state index contributed by atoms with van der Waals surface area (Å²) in [6, 6.07) is 10.4. The van der Waals surface area contributed by atoms with Crippen molar-refractivity contribution in [3.63, 3.8) is 0 Å². The van der Waals surface area contributed by atoms with Crippen LogP contribution in [0.1, 0.15) is 44.2 Å². The molecule has 1 atom stereocenters. The molecule has 1 aliphatic rings. The lowest BCUT2D eigenvalue weighted by atomic mass is 10.1. The van der Waals surface area contributed by atoms with Crippen molar-refractivity contribution in [1.82, 2.24) is 10.2 Å². The van der Waals surface area contributed by atoms with Crippen molar-refractivity contribution in [3.8, 4) is 11.5 Å².